The van der Waals surface area contributed by atoms with E-state index >= 15 is 0 Å². The van der Waals surface area contributed by atoms with E-state index in [1.54, 1.807) is 0 Å². The van der Waals surface area contributed by atoms with Crippen LogP contribution in [0.15, 0.2) is 42.5 Å². The van der Waals surface area contributed by atoms with Crippen LogP contribution in [-0.2, 0) is 6.42 Å². The highest BCUT2D eigenvalue weighted by atomic mass is 19.2. The molecule has 0 heterocycles. The van der Waals surface area contributed by atoms with Gasteiger partial charge in [0.1, 0.15) is 0 Å². The number of hydrogen-bond acceptors (Lipinski definition) is 1. The molecule has 0 saturated carbocycles. The largest absolute Gasteiger partial charge is 0.388 e. The first-order valence-electron chi connectivity index (χ1n) is 6.69. The molecule has 2 aromatic rings. The lowest BCUT2D eigenvalue weighted by Gasteiger charge is -2.12. The predicted octanol–water partition coefficient (Wildman–Crippen LogP) is 4.36. The zero-order valence-corrected chi connectivity index (χ0v) is 11.6. The SMILES string of the molecule is CC(C)c1ccc(CC(O)c2ccc(F)c(F)c2)cc1. The summed E-state index contributed by atoms with van der Waals surface area (Å²) in [7, 11) is 0. The van der Waals surface area contributed by atoms with Crippen LogP contribution < -0.4 is 0 Å². The molecule has 1 unspecified atom stereocenters. The summed E-state index contributed by atoms with van der Waals surface area (Å²) in [5.74, 6) is -1.38. The van der Waals surface area contributed by atoms with Gasteiger partial charge < -0.3 is 5.11 Å². The Labute approximate surface area is 117 Å². The molecule has 0 spiro atoms. The number of aliphatic hydroxyl groups is 1. The summed E-state index contributed by atoms with van der Waals surface area (Å²) in [6, 6.07) is 11.5. The Kier molecular flexibility index (Phi) is 4.50. The first-order valence-corrected chi connectivity index (χ1v) is 6.69. The van der Waals surface area contributed by atoms with Gasteiger partial charge in [0.25, 0.3) is 0 Å². The van der Waals surface area contributed by atoms with Crippen LogP contribution >= 0.6 is 0 Å². The third kappa shape index (κ3) is 3.42. The van der Waals surface area contributed by atoms with Crippen LogP contribution in [0.3, 0.4) is 0 Å². The molecule has 0 aliphatic carbocycles. The Morgan fingerprint density at radius 1 is 0.900 bits per heavy atom. The van der Waals surface area contributed by atoms with Crippen LogP contribution in [0.2, 0.25) is 0 Å². The molecule has 20 heavy (non-hydrogen) atoms. The van der Waals surface area contributed by atoms with Gasteiger partial charge in [-0.25, -0.2) is 8.78 Å². The normalized spacial score (nSPS) is 12.7. The fourth-order valence-electron chi connectivity index (χ4n) is 2.10. The maximum absolute atomic E-state index is 13.1. The summed E-state index contributed by atoms with van der Waals surface area (Å²) in [6.07, 6.45) is -0.460. The van der Waals surface area contributed by atoms with Crippen molar-refractivity contribution < 1.29 is 13.9 Å². The molecule has 1 N–H and O–H groups in total. The van der Waals surface area contributed by atoms with E-state index in [4.69, 9.17) is 0 Å². The molecule has 0 aliphatic heterocycles. The fourth-order valence-corrected chi connectivity index (χ4v) is 2.10. The summed E-state index contributed by atoms with van der Waals surface area (Å²) in [5.41, 5.74) is 2.58. The Morgan fingerprint density at radius 3 is 2.05 bits per heavy atom. The van der Waals surface area contributed by atoms with Gasteiger partial charge in [0.15, 0.2) is 11.6 Å². The molecule has 3 heteroatoms. The molecule has 2 rings (SSSR count). The number of hydrogen-bond donors (Lipinski definition) is 1. The van der Waals surface area contributed by atoms with Crippen molar-refractivity contribution in [3.8, 4) is 0 Å². The lowest BCUT2D eigenvalue weighted by molar-refractivity contribution is 0.178. The molecule has 1 nitrogen and oxygen atoms in total. The highest BCUT2D eigenvalue weighted by molar-refractivity contribution is 5.27. The lowest BCUT2D eigenvalue weighted by Crippen LogP contribution is -2.03. The van der Waals surface area contributed by atoms with E-state index in [9.17, 15) is 13.9 Å². The van der Waals surface area contributed by atoms with E-state index < -0.39 is 17.7 Å². The minimum Gasteiger partial charge on any atom is -0.388 e. The second-order valence-electron chi connectivity index (χ2n) is 5.29. The molecule has 0 aliphatic rings. The smallest absolute Gasteiger partial charge is 0.159 e. The standard InChI is InChI=1S/C17H18F2O/c1-11(2)13-5-3-12(4-6-13)9-17(20)14-7-8-15(18)16(19)10-14/h3-8,10-11,17,20H,9H2,1-2H3. The average Bonchev–Trinajstić information content (AvgIpc) is 2.42. The minimum atomic E-state index is -0.934. The molecule has 0 saturated heterocycles. The van der Waals surface area contributed by atoms with Gasteiger partial charge in [0.05, 0.1) is 6.10 Å². The summed E-state index contributed by atoms with van der Waals surface area (Å²) in [6.45, 7) is 4.23. The van der Waals surface area contributed by atoms with Gasteiger partial charge in [0, 0.05) is 6.42 Å². The van der Waals surface area contributed by atoms with Crippen LogP contribution in [0.4, 0.5) is 8.78 Å². The average molecular weight is 276 g/mol. The van der Waals surface area contributed by atoms with Gasteiger partial charge in [-0.3, -0.25) is 0 Å². The van der Waals surface area contributed by atoms with E-state index in [0.717, 1.165) is 17.7 Å². The molecular formula is C17H18F2O. The summed E-state index contributed by atoms with van der Waals surface area (Å²) in [5, 5.41) is 10.1. The minimum absolute atomic E-state index is 0.378. The Morgan fingerprint density at radius 2 is 1.50 bits per heavy atom. The summed E-state index contributed by atoms with van der Waals surface area (Å²) >= 11 is 0. The molecule has 0 radical (unpaired) electrons. The molecule has 0 aromatic heterocycles. The van der Waals surface area contributed by atoms with Crippen molar-refractivity contribution in [2.45, 2.75) is 32.3 Å². The summed E-state index contributed by atoms with van der Waals surface area (Å²) < 4.78 is 26.0. The van der Waals surface area contributed by atoms with Crippen LogP contribution in [0.1, 0.15) is 42.6 Å². The zero-order chi connectivity index (χ0) is 14.7. The van der Waals surface area contributed by atoms with Gasteiger partial charge in [0.2, 0.25) is 0 Å². The maximum atomic E-state index is 13.1. The van der Waals surface area contributed by atoms with E-state index in [2.05, 4.69) is 13.8 Å². The molecule has 0 fully saturated rings. The van der Waals surface area contributed by atoms with Crippen molar-refractivity contribution >= 4 is 0 Å². The van der Waals surface area contributed by atoms with Crippen LogP contribution in [-0.4, -0.2) is 5.11 Å². The van der Waals surface area contributed by atoms with Crippen molar-refractivity contribution in [2.75, 3.05) is 0 Å². The first-order chi connectivity index (χ1) is 9.47. The molecule has 0 amide bonds. The van der Waals surface area contributed by atoms with E-state index in [0.29, 0.717) is 17.9 Å². The first kappa shape index (κ1) is 14.7. The number of aliphatic hydroxyl groups excluding tert-OH is 1. The molecule has 0 bridgehead atoms. The van der Waals surface area contributed by atoms with Gasteiger partial charge in [-0.1, -0.05) is 44.2 Å². The van der Waals surface area contributed by atoms with Crippen LogP contribution in [0.25, 0.3) is 0 Å². The molecule has 106 valence electrons. The van der Waals surface area contributed by atoms with E-state index in [-0.39, 0.29) is 0 Å². The predicted molar refractivity (Wildman–Crippen MR) is 75.6 cm³/mol. The van der Waals surface area contributed by atoms with Crippen LogP contribution in [0.5, 0.6) is 0 Å². The Hall–Kier alpha value is -1.74. The van der Waals surface area contributed by atoms with Crippen molar-refractivity contribution in [1.29, 1.82) is 0 Å². The topological polar surface area (TPSA) is 20.2 Å². The third-order valence-electron chi connectivity index (χ3n) is 3.40. The van der Waals surface area contributed by atoms with Crippen molar-refractivity contribution in [1.82, 2.24) is 0 Å². The number of benzene rings is 2. The third-order valence-corrected chi connectivity index (χ3v) is 3.40. The van der Waals surface area contributed by atoms with E-state index in [1.165, 1.54) is 11.6 Å². The monoisotopic (exact) mass is 276 g/mol. The lowest BCUT2D eigenvalue weighted by atomic mass is 9.97. The van der Waals surface area contributed by atoms with Crippen LogP contribution in [0, 0.1) is 11.6 Å². The number of rotatable bonds is 4. The van der Waals surface area contributed by atoms with Gasteiger partial charge in [-0.2, -0.15) is 0 Å². The molecule has 2 aromatic carbocycles. The Bertz CT molecular complexity index is 576. The zero-order valence-electron chi connectivity index (χ0n) is 11.6. The van der Waals surface area contributed by atoms with Crippen molar-refractivity contribution in [3.05, 3.63) is 70.8 Å². The van der Waals surface area contributed by atoms with Crippen molar-refractivity contribution in [3.63, 3.8) is 0 Å². The number of halogens is 2. The Balaban J connectivity index is 2.10. The van der Waals surface area contributed by atoms with Gasteiger partial charge in [-0.05, 0) is 34.7 Å². The second kappa shape index (κ2) is 6.14. The summed E-state index contributed by atoms with van der Waals surface area (Å²) in [4.78, 5) is 0. The fraction of sp³-hybridized carbons (Fsp3) is 0.294. The maximum Gasteiger partial charge on any atom is 0.159 e. The highest BCUT2D eigenvalue weighted by Crippen LogP contribution is 2.22. The molecular weight excluding hydrogens is 258 g/mol. The second-order valence-corrected chi connectivity index (χ2v) is 5.29. The van der Waals surface area contributed by atoms with Crippen molar-refractivity contribution in [2.24, 2.45) is 0 Å². The highest BCUT2D eigenvalue weighted by Gasteiger charge is 2.12. The quantitative estimate of drug-likeness (QED) is 0.879. The van der Waals surface area contributed by atoms with E-state index in [1.807, 2.05) is 24.3 Å². The van der Waals surface area contributed by atoms with Gasteiger partial charge in [-0.15, -0.1) is 0 Å². The van der Waals surface area contributed by atoms with Gasteiger partial charge >= 0.3 is 0 Å². The molecule has 1 atom stereocenters.